The molecule has 2 aromatic rings. The maximum atomic E-state index is 10.8. The van der Waals surface area contributed by atoms with Gasteiger partial charge in [-0.05, 0) is 19.1 Å². The van der Waals surface area contributed by atoms with E-state index in [4.69, 9.17) is 9.94 Å². The van der Waals surface area contributed by atoms with Gasteiger partial charge in [0.2, 0.25) is 0 Å². The predicted molar refractivity (Wildman–Crippen MR) is 70.3 cm³/mol. The molecular weight excluding hydrogens is 266 g/mol. The summed E-state index contributed by atoms with van der Waals surface area (Å²) in [5, 5.41) is 19.8. The molecule has 1 aromatic carbocycles. The lowest BCUT2D eigenvalue weighted by Crippen LogP contribution is -2.11. The highest BCUT2D eigenvalue weighted by Crippen LogP contribution is 2.27. The second-order valence-corrected chi connectivity index (χ2v) is 4.05. The molecule has 1 aromatic heterocycles. The van der Waals surface area contributed by atoms with E-state index < -0.39 is 17.5 Å². The third-order valence-electron chi connectivity index (χ3n) is 2.51. The Balaban J connectivity index is 2.42. The number of nitro benzene ring substituents is 1. The van der Waals surface area contributed by atoms with Crippen LogP contribution >= 0.6 is 0 Å². The molecule has 2 N–H and O–H groups in total. The van der Waals surface area contributed by atoms with Crippen LogP contribution in [0.25, 0.3) is 10.9 Å². The highest BCUT2D eigenvalue weighted by Gasteiger charge is 2.11. The summed E-state index contributed by atoms with van der Waals surface area (Å²) in [6.07, 6.45) is 0. The number of carboxylic acids is 1. The number of hydrogen-bond acceptors (Lipinski definition) is 6. The Morgan fingerprint density at radius 1 is 1.50 bits per heavy atom. The number of benzene rings is 1. The number of nitrogens with one attached hydrogen (secondary N) is 1. The number of fused-ring (bicyclic) bond motifs is 1. The van der Waals surface area contributed by atoms with Crippen molar-refractivity contribution in [2.24, 2.45) is 0 Å². The van der Waals surface area contributed by atoms with E-state index >= 15 is 0 Å². The summed E-state index contributed by atoms with van der Waals surface area (Å²) in [6.45, 7) is 1.22. The fourth-order valence-electron chi connectivity index (χ4n) is 1.72. The van der Waals surface area contributed by atoms with E-state index in [1.54, 1.807) is 13.0 Å². The van der Waals surface area contributed by atoms with E-state index in [0.717, 1.165) is 0 Å². The van der Waals surface area contributed by atoms with Crippen LogP contribution in [0.4, 0.5) is 11.4 Å². The predicted octanol–water partition coefficient (Wildman–Crippen LogP) is 1.88. The molecule has 104 valence electrons. The van der Waals surface area contributed by atoms with Gasteiger partial charge < -0.3 is 5.11 Å². The zero-order valence-electron chi connectivity index (χ0n) is 10.5. The average Bonchev–Trinajstić information content (AvgIpc) is 2.37. The zero-order chi connectivity index (χ0) is 14.7. The fourth-order valence-corrected chi connectivity index (χ4v) is 1.72. The molecule has 1 heterocycles. The molecule has 0 aliphatic rings. The van der Waals surface area contributed by atoms with Gasteiger partial charge in [0.1, 0.15) is 0 Å². The summed E-state index contributed by atoms with van der Waals surface area (Å²) < 4.78 is 0. The van der Waals surface area contributed by atoms with Gasteiger partial charge >= 0.3 is 5.97 Å². The molecule has 0 aliphatic carbocycles. The van der Waals surface area contributed by atoms with Crippen LogP contribution < -0.4 is 5.48 Å². The molecule has 0 saturated heterocycles. The summed E-state index contributed by atoms with van der Waals surface area (Å²) in [5.74, 6) is -1.13. The monoisotopic (exact) mass is 277 g/mol. The highest BCUT2D eigenvalue weighted by molar-refractivity contribution is 5.92. The number of aryl methyl sites for hydroxylation is 1. The van der Waals surface area contributed by atoms with Gasteiger partial charge in [-0.15, -0.1) is 0 Å². The molecule has 0 aliphatic heterocycles. The molecule has 0 atom stereocenters. The Morgan fingerprint density at radius 3 is 2.90 bits per heavy atom. The van der Waals surface area contributed by atoms with Crippen LogP contribution in [0.2, 0.25) is 0 Å². The van der Waals surface area contributed by atoms with Crippen molar-refractivity contribution in [2.75, 3.05) is 12.1 Å². The standard InChI is InChI=1S/C12H11N3O5/c1-7-4-11(14-20-6-12(16)17)9-5-8(15(18)19)2-3-10(9)13-7/h2-5H,6H2,1H3,(H,13,14)(H,16,17). The molecule has 0 radical (unpaired) electrons. The molecule has 0 bridgehead atoms. The number of hydrogen-bond donors (Lipinski definition) is 2. The Bertz CT molecular complexity index is 686. The SMILES string of the molecule is Cc1cc(NOCC(=O)O)c2cc([N+](=O)[O-])ccc2n1. The van der Waals surface area contributed by atoms with Crippen LogP contribution in [0, 0.1) is 17.0 Å². The van der Waals surface area contributed by atoms with E-state index in [9.17, 15) is 14.9 Å². The molecule has 8 nitrogen and oxygen atoms in total. The number of rotatable bonds is 5. The van der Waals surface area contributed by atoms with Gasteiger partial charge in [0.05, 0.1) is 16.1 Å². The van der Waals surface area contributed by atoms with Gasteiger partial charge in [-0.25, -0.2) is 4.79 Å². The van der Waals surface area contributed by atoms with Crippen molar-refractivity contribution in [3.8, 4) is 0 Å². The average molecular weight is 277 g/mol. The van der Waals surface area contributed by atoms with Crippen LogP contribution in [0.1, 0.15) is 5.69 Å². The Kier molecular flexibility index (Phi) is 3.76. The van der Waals surface area contributed by atoms with E-state index in [2.05, 4.69) is 10.5 Å². The maximum absolute atomic E-state index is 10.8. The van der Waals surface area contributed by atoms with Crippen molar-refractivity contribution in [3.05, 3.63) is 40.1 Å². The molecule has 0 fully saturated rings. The molecule has 0 unspecified atom stereocenters. The first-order chi connectivity index (χ1) is 9.47. The first-order valence-electron chi connectivity index (χ1n) is 5.63. The van der Waals surface area contributed by atoms with Crippen LogP contribution in [-0.4, -0.2) is 27.6 Å². The summed E-state index contributed by atoms with van der Waals surface area (Å²) in [4.78, 5) is 29.7. The van der Waals surface area contributed by atoms with E-state index in [1.807, 2.05) is 0 Å². The van der Waals surface area contributed by atoms with Crippen molar-refractivity contribution in [1.82, 2.24) is 4.98 Å². The molecule has 20 heavy (non-hydrogen) atoms. The van der Waals surface area contributed by atoms with Gasteiger partial charge in [-0.3, -0.25) is 25.4 Å². The Morgan fingerprint density at radius 2 is 2.25 bits per heavy atom. The number of carbonyl (C=O) groups is 1. The minimum atomic E-state index is -1.13. The number of nitro groups is 1. The minimum absolute atomic E-state index is 0.0792. The largest absolute Gasteiger partial charge is 0.479 e. The van der Waals surface area contributed by atoms with Crippen molar-refractivity contribution in [3.63, 3.8) is 0 Å². The number of aromatic nitrogens is 1. The first-order valence-corrected chi connectivity index (χ1v) is 5.63. The molecule has 0 saturated carbocycles. The van der Waals surface area contributed by atoms with Crippen LogP contribution in [0.15, 0.2) is 24.3 Å². The minimum Gasteiger partial charge on any atom is -0.479 e. The van der Waals surface area contributed by atoms with Crippen molar-refractivity contribution < 1.29 is 19.7 Å². The zero-order valence-corrected chi connectivity index (χ0v) is 10.5. The third-order valence-corrected chi connectivity index (χ3v) is 2.51. The van der Waals surface area contributed by atoms with Crippen LogP contribution in [0.5, 0.6) is 0 Å². The normalized spacial score (nSPS) is 10.4. The summed E-state index contributed by atoms with van der Waals surface area (Å²) >= 11 is 0. The van der Waals surface area contributed by atoms with Crippen molar-refractivity contribution in [2.45, 2.75) is 6.92 Å². The smallest absolute Gasteiger partial charge is 0.332 e. The Labute approximate surface area is 113 Å². The van der Waals surface area contributed by atoms with Crippen molar-refractivity contribution in [1.29, 1.82) is 0 Å². The lowest BCUT2D eigenvalue weighted by molar-refractivity contribution is -0.384. The van der Waals surface area contributed by atoms with E-state index in [0.29, 0.717) is 22.3 Å². The maximum Gasteiger partial charge on any atom is 0.332 e. The fraction of sp³-hybridized carbons (Fsp3) is 0.167. The second kappa shape index (κ2) is 5.49. The number of carboxylic acid groups (broad SMARTS) is 1. The summed E-state index contributed by atoms with van der Waals surface area (Å²) in [6, 6.07) is 5.86. The van der Waals surface area contributed by atoms with Gasteiger partial charge in [-0.2, -0.15) is 0 Å². The first kappa shape index (κ1) is 13.7. The van der Waals surface area contributed by atoms with Crippen LogP contribution in [0.3, 0.4) is 0 Å². The number of non-ortho nitro benzene ring substituents is 1. The number of pyridine rings is 1. The summed E-state index contributed by atoms with van der Waals surface area (Å²) in [5.41, 5.74) is 4.06. The quantitative estimate of drug-likeness (QED) is 0.633. The van der Waals surface area contributed by atoms with Crippen molar-refractivity contribution >= 4 is 28.2 Å². The highest BCUT2D eigenvalue weighted by atomic mass is 16.7. The van der Waals surface area contributed by atoms with Gasteiger partial charge in [-0.1, -0.05) is 0 Å². The molecular formula is C12H11N3O5. The molecule has 0 amide bonds. The van der Waals surface area contributed by atoms with Gasteiger partial charge in [0, 0.05) is 23.2 Å². The number of anilines is 1. The lowest BCUT2D eigenvalue weighted by atomic mass is 10.1. The topological polar surface area (TPSA) is 115 Å². The molecule has 2 rings (SSSR count). The Hall–Kier alpha value is -2.74. The lowest BCUT2D eigenvalue weighted by Gasteiger charge is -2.09. The molecule has 0 spiro atoms. The second-order valence-electron chi connectivity index (χ2n) is 4.05. The van der Waals surface area contributed by atoms with Gasteiger partial charge in [0.25, 0.3) is 5.69 Å². The van der Waals surface area contributed by atoms with E-state index in [1.165, 1.54) is 18.2 Å². The molecule has 8 heteroatoms. The number of aliphatic carboxylic acids is 1. The number of nitrogens with zero attached hydrogens (tertiary/aromatic N) is 2. The summed E-state index contributed by atoms with van der Waals surface area (Å²) in [7, 11) is 0. The van der Waals surface area contributed by atoms with E-state index in [-0.39, 0.29) is 5.69 Å². The van der Waals surface area contributed by atoms with Gasteiger partial charge in [0.15, 0.2) is 6.61 Å². The third kappa shape index (κ3) is 2.98. The van der Waals surface area contributed by atoms with Crippen LogP contribution in [-0.2, 0) is 9.63 Å².